The Morgan fingerprint density at radius 3 is 2.66 bits per heavy atom. The van der Waals surface area contributed by atoms with E-state index in [1.807, 2.05) is 6.07 Å². The normalized spacial score (nSPS) is 18.5. The fourth-order valence-electron chi connectivity index (χ4n) is 4.51. The van der Waals surface area contributed by atoms with Crippen molar-refractivity contribution in [1.29, 1.82) is 0 Å². The lowest BCUT2D eigenvalue weighted by atomic mass is 10.1. The zero-order chi connectivity index (χ0) is 24.5. The number of benzene rings is 1. The van der Waals surface area contributed by atoms with Crippen molar-refractivity contribution in [3.05, 3.63) is 59.8 Å². The van der Waals surface area contributed by atoms with Crippen molar-refractivity contribution in [1.82, 2.24) is 14.7 Å². The lowest BCUT2D eigenvalue weighted by Gasteiger charge is -2.30. The van der Waals surface area contributed by atoms with E-state index >= 15 is 0 Å². The molecular weight excluding hydrogens is 453 g/mol. The molecule has 2 amide bonds. The number of hydrogen-bond acceptors (Lipinski definition) is 6. The molecule has 1 unspecified atom stereocenters. The van der Waals surface area contributed by atoms with Crippen molar-refractivity contribution in [3.8, 4) is 0 Å². The molecule has 0 spiro atoms. The monoisotopic (exact) mass is 487 g/mol. The Hall–Kier alpha value is -2.75. The maximum atomic E-state index is 13.8. The lowest BCUT2D eigenvalue weighted by molar-refractivity contribution is -0.134. The third-order valence-corrected chi connectivity index (χ3v) is 6.42. The van der Waals surface area contributed by atoms with Gasteiger partial charge in [0.25, 0.3) is 5.91 Å². The molecule has 9 heteroatoms. The second-order valence-electron chi connectivity index (χ2n) is 9.03. The number of morpholine rings is 1. The third-order valence-electron chi connectivity index (χ3n) is 6.42. The first-order valence-electron chi connectivity index (χ1n) is 12.3. The van der Waals surface area contributed by atoms with Crippen molar-refractivity contribution < 1.29 is 27.9 Å². The molecule has 8 nitrogen and oxygen atoms in total. The summed E-state index contributed by atoms with van der Waals surface area (Å²) in [5, 5.41) is 0. The smallest absolute Gasteiger partial charge is 0.254 e. The predicted molar refractivity (Wildman–Crippen MR) is 127 cm³/mol. The molecule has 2 aliphatic rings. The maximum Gasteiger partial charge on any atom is 0.254 e. The standard InChI is InChI=1S/C26H34FN3O5/c27-22-6-1-5-21(17-22)26(32)29(10-4-9-28-11-15-33-16-12-28)20-25(31)30(18-23-7-2-13-34-23)19-24-8-3-14-35-24/h1-2,5-7,13,17,24H,3-4,8-12,14-16,18-20H2. The number of halogens is 1. The van der Waals surface area contributed by atoms with Gasteiger partial charge in [-0.05, 0) is 49.6 Å². The van der Waals surface area contributed by atoms with Crippen LogP contribution >= 0.6 is 0 Å². The molecule has 0 saturated carbocycles. The number of rotatable bonds is 11. The molecule has 1 aromatic heterocycles. The molecule has 0 aliphatic carbocycles. The van der Waals surface area contributed by atoms with Crippen LogP contribution < -0.4 is 0 Å². The van der Waals surface area contributed by atoms with Crippen LogP contribution in [0.4, 0.5) is 4.39 Å². The highest BCUT2D eigenvalue weighted by Gasteiger charge is 2.27. The molecule has 3 heterocycles. The first kappa shape index (κ1) is 25.3. The summed E-state index contributed by atoms with van der Waals surface area (Å²) in [6.45, 7) is 5.67. The summed E-state index contributed by atoms with van der Waals surface area (Å²) < 4.78 is 30.5. The largest absolute Gasteiger partial charge is 0.467 e. The van der Waals surface area contributed by atoms with Crippen LogP contribution in [0.2, 0.25) is 0 Å². The van der Waals surface area contributed by atoms with E-state index in [1.54, 1.807) is 23.3 Å². The number of hydrogen-bond donors (Lipinski definition) is 0. The zero-order valence-corrected chi connectivity index (χ0v) is 20.1. The molecular formula is C26H34FN3O5. The zero-order valence-electron chi connectivity index (χ0n) is 20.1. The van der Waals surface area contributed by atoms with Crippen molar-refractivity contribution in [2.75, 3.05) is 59.1 Å². The summed E-state index contributed by atoms with van der Waals surface area (Å²) in [4.78, 5) is 32.3. The van der Waals surface area contributed by atoms with Gasteiger partial charge in [-0.15, -0.1) is 0 Å². The fourth-order valence-corrected chi connectivity index (χ4v) is 4.51. The van der Waals surface area contributed by atoms with Crippen LogP contribution in [0.3, 0.4) is 0 Å². The minimum absolute atomic E-state index is 0.0254. The van der Waals surface area contributed by atoms with Gasteiger partial charge in [-0.2, -0.15) is 0 Å². The van der Waals surface area contributed by atoms with Gasteiger partial charge in [0.15, 0.2) is 0 Å². The van der Waals surface area contributed by atoms with Gasteiger partial charge in [-0.1, -0.05) is 6.07 Å². The van der Waals surface area contributed by atoms with E-state index in [0.29, 0.717) is 51.6 Å². The van der Waals surface area contributed by atoms with E-state index in [1.165, 1.54) is 23.1 Å². The van der Waals surface area contributed by atoms with Crippen molar-refractivity contribution in [2.45, 2.75) is 31.9 Å². The van der Waals surface area contributed by atoms with Gasteiger partial charge in [-0.3, -0.25) is 14.5 Å². The molecule has 2 saturated heterocycles. The summed E-state index contributed by atoms with van der Waals surface area (Å²) in [5.74, 6) is -0.345. The Bertz CT molecular complexity index is 942. The SMILES string of the molecule is O=C(CN(CCCN1CCOCC1)C(=O)c1cccc(F)c1)N(Cc1ccco1)CC1CCCO1. The Balaban J connectivity index is 1.44. The average Bonchev–Trinajstić information content (AvgIpc) is 3.58. The molecule has 0 bridgehead atoms. The predicted octanol–water partition coefficient (Wildman–Crippen LogP) is 2.79. The van der Waals surface area contributed by atoms with Crippen molar-refractivity contribution in [3.63, 3.8) is 0 Å². The lowest BCUT2D eigenvalue weighted by Crippen LogP contribution is -2.46. The van der Waals surface area contributed by atoms with Gasteiger partial charge < -0.3 is 23.7 Å². The van der Waals surface area contributed by atoms with Crippen LogP contribution in [0.25, 0.3) is 0 Å². The van der Waals surface area contributed by atoms with Crippen LogP contribution in [0.5, 0.6) is 0 Å². The minimum atomic E-state index is -0.478. The van der Waals surface area contributed by atoms with Gasteiger partial charge in [0, 0.05) is 44.9 Å². The highest BCUT2D eigenvalue weighted by Crippen LogP contribution is 2.17. The van der Waals surface area contributed by atoms with E-state index in [9.17, 15) is 14.0 Å². The molecule has 2 fully saturated rings. The van der Waals surface area contributed by atoms with Crippen molar-refractivity contribution in [2.24, 2.45) is 0 Å². The van der Waals surface area contributed by atoms with Crippen LogP contribution in [0.15, 0.2) is 47.1 Å². The van der Waals surface area contributed by atoms with Crippen LogP contribution in [0, 0.1) is 5.82 Å². The molecule has 4 rings (SSSR count). The van der Waals surface area contributed by atoms with Gasteiger partial charge >= 0.3 is 0 Å². The number of amides is 2. The highest BCUT2D eigenvalue weighted by atomic mass is 19.1. The topological polar surface area (TPSA) is 75.5 Å². The second-order valence-corrected chi connectivity index (χ2v) is 9.03. The minimum Gasteiger partial charge on any atom is -0.467 e. The summed E-state index contributed by atoms with van der Waals surface area (Å²) >= 11 is 0. The fraction of sp³-hybridized carbons (Fsp3) is 0.538. The maximum absolute atomic E-state index is 13.8. The molecule has 2 aliphatic heterocycles. The third kappa shape index (κ3) is 7.62. The summed E-state index contributed by atoms with van der Waals surface area (Å²) in [6.07, 6.45) is 4.13. The quantitative estimate of drug-likeness (QED) is 0.485. The average molecular weight is 488 g/mol. The number of nitrogens with zero attached hydrogens (tertiary/aromatic N) is 3. The van der Waals surface area contributed by atoms with Crippen LogP contribution in [-0.4, -0.2) is 91.7 Å². The molecule has 35 heavy (non-hydrogen) atoms. The Morgan fingerprint density at radius 2 is 1.94 bits per heavy atom. The Morgan fingerprint density at radius 1 is 1.09 bits per heavy atom. The molecule has 0 N–H and O–H groups in total. The molecule has 0 radical (unpaired) electrons. The summed E-state index contributed by atoms with van der Waals surface area (Å²) in [6, 6.07) is 9.23. The van der Waals surface area contributed by atoms with Gasteiger partial charge in [0.2, 0.25) is 5.91 Å². The molecule has 1 atom stereocenters. The van der Waals surface area contributed by atoms with E-state index < -0.39 is 5.82 Å². The first-order valence-corrected chi connectivity index (χ1v) is 12.3. The van der Waals surface area contributed by atoms with Crippen LogP contribution in [0.1, 0.15) is 35.4 Å². The van der Waals surface area contributed by atoms with E-state index in [-0.39, 0.29) is 30.0 Å². The Kier molecular flexibility index (Phi) is 9.28. The van der Waals surface area contributed by atoms with E-state index in [0.717, 1.165) is 32.5 Å². The first-order chi connectivity index (χ1) is 17.1. The molecule has 190 valence electrons. The number of ether oxygens (including phenoxy) is 2. The van der Waals surface area contributed by atoms with E-state index in [2.05, 4.69) is 4.90 Å². The summed E-state index contributed by atoms with van der Waals surface area (Å²) in [5.41, 5.74) is 0.237. The van der Waals surface area contributed by atoms with E-state index in [4.69, 9.17) is 13.9 Å². The Labute approximate surface area is 205 Å². The number of carbonyl (C=O) groups excluding carboxylic acids is 2. The highest BCUT2D eigenvalue weighted by molar-refractivity contribution is 5.96. The summed E-state index contributed by atoms with van der Waals surface area (Å²) in [7, 11) is 0. The molecule has 1 aromatic carbocycles. The van der Waals surface area contributed by atoms with Crippen LogP contribution in [-0.2, 0) is 20.8 Å². The number of furan rings is 1. The van der Waals surface area contributed by atoms with Gasteiger partial charge in [0.1, 0.15) is 18.1 Å². The van der Waals surface area contributed by atoms with Crippen molar-refractivity contribution >= 4 is 11.8 Å². The second kappa shape index (κ2) is 12.8. The van der Waals surface area contributed by atoms with Gasteiger partial charge in [-0.25, -0.2) is 4.39 Å². The van der Waals surface area contributed by atoms with Gasteiger partial charge in [0.05, 0.1) is 32.1 Å². The molecule has 2 aromatic rings. The number of carbonyl (C=O) groups is 2.